The van der Waals surface area contributed by atoms with E-state index in [4.69, 9.17) is 5.73 Å². The summed E-state index contributed by atoms with van der Waals surface area (Å²) in [5.41, 5.74) is 5.30. The molecule has 0 saturated heterocycles. The van der Waals surface area contributed by atoms with Gasteiger partial charge in [-0.25, -0.2) is 9.52 Å². The average molecular weight is 239 g/mol. The second-order valence-electron chi connectivity index (χ2n) is 3.04. The van der Waals surface area contributed by atoms with E-state index in [0.717, 1.165) is 11.4 Å². The Bertz CT molecular complexity index is 303. The number of hydrogen-bond acceptors (Lipinski definition) is 5. The van der Waals surface area contributed by atoms with Gasteiger partial charge in [0.2, 0.25) is 0 Å². The van der Waals surface area contributed by atoms with Crippen LogP contribution in [0.15, 0.2) is 0 Å². The molecule has 15 heavy (non-hydrogen) atoms. The lowest BCUT2D eigenvalue weighted by Crippen LogP contribution is -2.45. The van der Waals surface area contributed by atoms with Gasteiger partial charge in [-0.1, -0.05) is 0 Å². The van der Waals surface area contributed by atoms with Crippen LogP contribution >= 0.6 is 0 Å². The normalized spacial score (nSPS) is 13.7. The quantitative estimate of drug-likeness (QED) is 0.657. The number of amides is 1. The molecule has 1 amide bonds. The van der Waals surface area contributed by atoms with Crippen molar-refractivity contribution in [2.45, 2.75) is 19.4 Å². The lowest BCUT2D eigenvalue weighted by atomic mass is 10.2. The maximum Gasteiger partial charge on any atom is 0.421 e. The molecule has 0 aromatic carbocycles. The Morgan fingerprint density at radius 1 is 1.60 bits per heavy atom. The molecule has 3 N–H and O–H groups in total. The van der Waals surface area contributed by atoms with Gasteiger partial charge in [0.1, 0.15) is 0 Å². The van der Waals surface area contributed by atoms with Crippen molar-refractivity contribution in [3.8, 4) is 0 Å². The number of rotatable bonds is 5. The van der Waals surface area contributed by atoms with Crippen LogP contribution in [-0.4, -0.2) is 45.6 Å². The number of nitrogens with two attached hydrogens (primary N) is 1. The van der Waals surface area contributed by atoms with Crippen LogP contribution in [0.1, 0.15) is 13.3 Å². The van der Waals surface area contributed by atoms with Crippen molar-refractivity contribution in [1.82, 2.24) is 9.03 Å². The molecule has 0 bridgehead atoms. The summed E-state index contributed by atoms with van der Waals surface area (Å²) in [7, 11) is -1.38. The van der Waals surface area contributed by atoms with Crippen molar-refractivity contribution in [1.29, 1.82) is 0 Å². The molecule has 0 spiro atoms. The molecule has 0 radical (unpaired) electrons. The number of hydrogen-bond donors (Lipinski definition) is 2. The Labute approximate surface area is 89.7 Å². The molecular formula is C7H17N3O4S. The minimum atomic E-state index is -3.84. The topological polar surface area (TPSA) is 102 Å². The summed E-state index contributed by atoms with van der Waals surface area (Å²) < 4.78 is 30.0. The SMILES string of the molecule is COC(=O)NS(=O)(=O)N(C)C(C)CCN. The van der Waals surface area contributed by atoms with Crippen LogP contribution in [0.3, 0.4) is 0 Å². The predicted molar refractivity (Wildman–Crippen MR) is 55.4 cm³/mol. The zero-order chi connectivity index (χ0) is 12.1. The molecule has 7 nitrogen and oxygen atoms in total. The fraction of sp³-hybridized carbons (Fsp3) is 0.857. The number of carbonyl (C=O) groups is 1. The summed E-state index contributed by atoms with van der Waals surface area (Å²) in [4.78, 5) is 10.7. The van der Waals surface area contributed by atoms with E-state index in [-0.39, 0.29) is 6.04 Å². The van der Waals surface area contributed by atoms with Crippen LogP contribution < -0.4 is 10.5 Å². The zero-order valence-electron chi connectivity index (χ0n) is 9.06. The van der Waals surface area contributed by atoms with Gasteiger partial charge in [-0.3, -0.25) is 0 Å². The molecule has 0 aromatic rings. The molecule has 0 rings (SSSR count). The van der Waals surface area contributed by atoms with E-state index in [2.05, 4.69) is 4.74 Å². The Kier molecular flexibility index (Phi) is 5.55. The minimum absolute atomic E-state index is 0.280. The first-order valence-corrected chi connectivity index (χ1v) is 5.83. The molecule has 0 aromatic heterocycles. The van der Waals surface area contributed by atoms with Crippen LogP contribution in [0.2, 0.25) is 0 Å². The maximum atomic E-state index is 11.5. The average Bonchev–Trinajstić information content (AvgIpc) is 2.16. The van der Waals surface area contributed by atoms with Gasteiger partial charge in [-0.2, -0.15) is 12.7 Å². The Hall–Kier alpha value is -0.860. The molecule has 0 aliphatic carbocycles. The third-order valence-electron chi connectivity index (χ3n) is 1.98. The van der Waals surface area contributed by atoms with Gasteiger partial charge >= 0.3 is 16.3 Å². The standard InChI is InChI=1S/C7H17N3O4S/c1-6(4-5-8)10(2)15(12,13)9-7(11)14-3/h6H,4-5,8H2,1-3H3,(H,9,11). The first-order valence-electron chi connectivity index (χ1n) is 4.39. The summed E-state index contributed by atoms with van der Waals surface area (Å²) in [5, 5.41) is 0. The van der Waals surface area contributed by atoms with Gasteiger partial charge in [0.25, 0.3) is 0 Å². The van der Waals surface area contributed by atoms with Crippen molar-refractivity contribution in [2.24, 2.45) is 5.73 Å². The van der Waals surface area contributed by atoms with Gasteiger partial charge in [0, 0.05) is 13.1 Å². The van der Waals surface area contributed by atoms with Gasteiger partial charge in [-0.15, -0.1) is 0 Å². The minimum Gasteiger partial charge on any atom is -0.452 e. The third-order valence-corrected chi connectivity index (χ3v) is 3.52. The highest BCUT2D eigenvalue weighted by Gasteiger charge is 2.24. The predicted octanol–water partition coefficient (Wildman–Crippen LogP) is -0.744. The van der Waals surface area contributed by atoms with E-state index in [9.17, 15) is 13.2 Å². The van der Waals surface area contributed by atoms with Crippen molar-refractivity contribution < 1.29 is 17.9 Å². The van der Waals surface area contributed by atoms with Crippen LogP contribution in [0.4, 0.5) is 4.79 Å². The lowest BCUT2D eigenvalue weighted by molar-refractivity contribution is 0.176. The molecule has 90 valence electrons. The highest BCUT2D eigenvalue weighted by molar-refractivity contribution is 7.87. The molecular weight excluding hydrogens is 222 g/mol. The van der Waals surface area contributed by atoms with Crippen LogP contribution in [0, 0.1) is 0 Å². The highest BCUT2D eigenvalue weighted by atomic mass is 32.2. The van der Waals surface area contributed by atoms with Crippen LogP contribution in [-0.2, 0) is 14.9 Å². The number of ether oxygens (including phenoxy) is 1. The molecule has 0 aliphatic rings. The van der Waals surface area contributed by atoms with Gasteiger partial charge < -0.3 is 10.5 Å². The number of nitrogens with one attached hydrogen (secondary N) is 1. The van der Waals surface area contributed by atoms with E-state index in [1.165, 1.54) is 7.05 Å². The smallest absolute Gasteiger partial charge is 0.421 e. The first kappa shape index (κ1) is 14.1. The highest BCUT2D eigenvalue weighted by Crippen LogP contribution is 2.04. The second kappa shape index (κ2) is 5.89. The van der Waals surface area contributed by atoms with Gasteiger partial charge in [-0.05, 0) is 19.9 Å². The third kappa shape index (κ3) is 4.45. The van der Waals surface area contributed by atoms with Gasteiger partial charge in [0.15, 0.2) is 0 Å². The molecule has 0 fully saturated rings. The Morgan fingerprint density at radius 2 is 2.13 bits per heavy atom. The molecule has 1 atom stereocenters. The molecule has 8 heteroatoms. The molecule has 1 unspecified atom stereocenters. The Balaban J connectivity index is 4.51. The van der Waals surface area contributed by atoms with E-state index in [0.29, 0.717) is 13.0 Å². The van der Waals surface area contributed by atoms with E-state index in [1.807, 2.05) is 0 Å². The largest absolute Gasteiger partial charge is 0.452 e. The number of carbonyl (C=O) groups excluding carboxylic acids is 1. The summed E-state index contributed by atoms with van der Waals surface area (Å²) in [6.07, 6.45) is -0.500. The van der Waals surface area contributed by atoms with E-state index in [1.54, 1.807) is 11.6 Å². The summed E-state index contributed by atoms with van der Waals surface area (Å²) in [6, 6.07) is -0.280. The summed E-state index contributed by atoms with van der Waals surface area (Å²) in [6.45, 7) is 2.07. The Morgan fingerprint density at radius 3 is 2.53 bits per heavy atom. The van der Waals surface area contributed by atoms with Crippen molar-refractivity contribution >= 4 is 16.3 Å². The fourth-order valence-corrected chi connectivity index (χ4v) is 1.90. The maximum absolute atomic E-state index is 11.5. The molecule has 0 heterocycles. The van der Waals surface area contributed by atoms with Crippen molar-refractivity contribution in [2.75, 3.05) is 20.7 Å². The van der Waals surface area contributed by atoms with Crippen molar-refractivity contribution in [3.05, 3.63) is 0 Å². The van der Waals surface area contributed by atoms with E-state index >= 15 is 0 Å². The van der Waals surface area contributed by atoms with Crippen molar-refractivity contribution in [3.63, 3.8) is 0 Å². The molecule has 0 aliphatic heterocycles. The zero-order valence-corrected chi connectivity index (χ0v) is 9.87. The summed E-state index contributed by atoms with van der Waals surface area (Å²) >= 11 is 0. The fourth-order valence-electron chi connectivity index (χ4n) is 0.879. The summed E-state index contributed by atoms with van der Waals surface area (Å²) in [5.74, 6) is 0. The van der Waals surface area contributed by atoms with Gasteiger partial charge in [0.05, 0.1) is 7.11 Å². The lowest BCUT2D eigenvalue weighted by Gasteiger charge is -2.23. The monoisotopic (exact) mass is 239 g/mol. The van der Waals surface area contributed by atoms with Crippen LogP contribution in [0.5, 0.6) is 0 Å². The molecule has 0 saturated carbocycles. The number of methoxy groups -OCH3 is 1. The van der Waals surface area contributed by atoms with E-state index < -0.39 is 16.3 Å². The van der Waals surface area contributed by atoms with Crippen LogP contribution in [0.25, 0.3) is 0 Å². The number of nitrogens with zero attached hydrogens (tertiary/aromatic N) is 1. The second-order valence-corrected chi connectivity index (χ2v) is 4.77. The first-order chi connectivity index (χ1) is 6.85.